The van der Waals surface area contributed by atoms with Gasteiger partial charge in [-0.25, -0.2) is 8.78 Å². The van der Waals surface area contributed by atoms with Gasteiger partial charge in [-0.15, -0.1) is 0 Å². The van der Waals surface area contributed by atoms with Crippen LogP contribution < -0.4 is 10.1 Å². The minimum Gasteiger partial charge on any atom is -0.497 e. The normalized spacial score (nSPS) is 18.0. The monoisotopic (exact) mass is 288 g/mol. The molecule has 1 fully saturated rings. The zero-order valence-electron chi connectivity index (χ0n) is 11.5. The van der Waals surface area contributed by atoms with E-state index < -0.39 is 24.4 Å². The Morgan fingerprint density at radius 3 is 2.35 bits per heavy atom. The van der Waals surface area contributed by atoms with Crippen LogP contribution in [0.2, 0.25) is 0 Å². The highest BCUT2D eigenvalue weighted by Gasteiger charge is 2.27. The van der Waals surface area contributed by atoms with E-state index >= 15 is 0 Å². The van der Waals surface area contributed by atoms with Crippen LogP contribution in [0.4, 0.5) is 13.2 Å². The fraction of sp³-hybridized carbons (Fsp3) is 0.571. The SMILES string of the molecule is COc1cc(F)c([C@H](CCF)N2CCNCC2)c(F)c1. The number of hydrogen-bond donors (Lipinski definition) is 1. The van der Waals surface area contributed by atoms with Crippen molar-refractivity contribution in [3.8, 4) is 5.75 Å². The van der Waals surface area contributed by atoms with Gasteiger partial charge in [0.15, 0.2) is 0 Å². The number of nitrogens with one attached hydrogen (secondary N) is 1. The van der Waals surface area contributed by atoms with Crippen molar-refractivity contribution in [3.63, 3.8) is 0 Å². The van der Waals surface area contributed by atoms with Crippen LogP contribution in [0.25, 0.3) is 0 Å². The summed E-state index contributed by atoms with van der Waals surface area (Å²) in [7, 11) is 1.35. The molecule has 0 bridgehead atoms. The van der Waals surface area contributed by atoms with Gasteiger partial charge in [0.2, 0.25) is 0 Å². The summed E-state index contributed by atoms with van der Waals surface area (Å²) in [6.45, 7) is 2.16. The minimum atomic E-state index is -0.682. The van der Waals surface area contributed by atoms with Gasteiger partial charge in [-0.3, -0.25) is 9.29 Å². The smallest absolute Gasteiger partial charge is 0.134 e. The Morgan fingerprint density at radius 1 is 1.25 bits per heavy atom. The number of rotatable bonds is 5. The maximum atomic E-state index is 14.1. The van der Waals surface area contributed by atoms with Crippen LogP contribution in [-0.4, -0.2) is 44.9 Å². The molecule has 0 radical (unpaired) electrons. The van der Waals surface area contributed by atoms with Gasteiger partial charge >= 0.3 is 0 Å². The molecule has 0 unspecified atom stereocenters. The summed E-state index contributed by atoms with van der Waals surface area (Å²) in [6.07, 6.45) is 0.0835. The highest BCUT2D eigenvalue weighted by molar-refractivity contribution is 5.32. The van der Waals surface area contributed by atoms with Crippen LogP contribution in [0.1, 0.15) is 18.0 Å². The number of piperazine rings is 1. The quantitative estimate of drug-likeness (QED) is 0.899. The van der Waals surface area contributed by atoms with Crippen molar-refractivity contribution in [2.45, 2.75) is 12.5 Å². The van der Waals surface area contributed by atoms with Crippen LogP contribution in [0.5, 0.6) is 5.75 Å². The molecule has 1 saturated heterocycles. The molecular formula is C14H19F3N2O. The Morgan fingerprint density at radius 2 is 1.85 bits per heavy atom. The number of methoxy groups -OCH3 is 1. The average molecular weight is 288 g/mol. The predicted octanol–water partition coefficient (Wildman–Crippen LogP) is 2.28. The van der Waals surface area contributed by atoms with Crippen molar-refractivity contribution in [1.29, 1.82) is 0 Å². The standard InChI is InChI=1S/C14H19F3N2O/c1-20-10-8-11(16)14(12(17)9-10)13(2-3-15)19-6-4-18-5-7-19/h8-9,13,18H,2-7H2,1H3/t13-/m0/s1. The average Bonchev–Trinajstić information content (AvgIpc) is 2.46. The minimum absolute atomic E-state index is 0.0645. The van der Waals surface area contributed by atoms with Gasteiger partial charge in [-0.05, 0) is 6.42 Å². The van der Waals surface area contributed by atoms with Crippen LogP contribution in [0.15, 0.2) is 12.1 Å². The maximum absolute atomic E-state index is 14.1. The molecule has 1 N–H and O–H groups in total. The zero-order valence-corrected chi connectivity index (χ0v) is 11.5. The van der Waals surface area contributed by atoms with E-state index in [0.717, 1.165) is 25.2 Å². The Labute approximate surface area is 116 Å². The molecule has 0 spiro atoms. The number of hydrogen-bond acceptors (Lipinski definition) is 3. The van der Waals surface area contributed by atoms with Crippen molar-refractivity contribution >= 4 is 0 Å². The summed E-state index contributed by atoms with van der Waals surface area (Å²) in [4.78, 5) is 1.92. The van der Waals surface area contributed by atoms with E-state index in [2.05, 4.69) is 5.32 Å². The van der Waals surface area contributed by atoms with Gasteiger partial charge in [0.1, 0.15) is 17.4 Å². The van der Waals surface area contributed by atoms with E-state index in [4.69, 9.17) is 4.74 Å². The molecule has 0 aromatic heterocycles. The number of ether oxygens (including phenoxy) is 1. The first-order valence-corrected chi connectivity index (χ1v) is 6.71. The highest BCUT2D eigenvalue weighted by Crippen LogP contribution is 2.31. The molecule has 1 aromatic carbocycles. The lowest BCUT2D eigenvalue weighted by atomic mass is 10.00. The lowest BCUT2D eigenvalue weighted by Crippen LogP contribution is -2.45. The van der Waals surface area contributed by atoms with E-state index in [1.807, 2.05) is 4.90 Å². The predicted molar refractivity (Wildman–Crippen MR) is 70.7 cm³/mol. The second-order valence-electron chi connectivity index (χ2n) is 4.78. The molecule has 1 aliphatic rings. The maximum Gasteiger partial charge on any atom is 0.134 e. The summed E-state index contributed by atoms with van der Waals surface area (Å²) >= 11 is 0. The molecule has 112 valence electrons. The number of halogens is 3. The fourth-order valence-corrected chi connectivity index (χ4v) is 2.60. The van der Waals surface area contributed by atoms with E-state index in [-0.39, 0.29) is 17.7 Å². The van der Waals surface area contributed by atoms with Crippen molar-refractivity contribution < 1.29 is 17.9 Å². The van der Waals surface area contributed by atoms with Gasteiger partial charge < -0.3 is 10.1 Å². The van der Waals surface area contributed by atoms with E-state index in [1.54, 1.807) is 0 Å². The molecule has 1 aliphatic heterocycles. The third-order valence-corrected chi connectivity index (χ3v) is 3.60. The topological polar surface area (TPSA) is 24.5 Å². The number of benzene rings is 1. The Hall–Kier alpha value is -1.27. The molecule has 0 aliphatic carbocycles. The Bertz CT molecular complexity index is 427. The molecular weight excluding hydrogens is 269 g/mol. The molecule has 3 nitrogen and oxygen atoms in total. The largest absolute Gasteiger partial charge is 0.497 e. The van der Waals surface area contributed by atoms with Crippen LogP contribution >= 0.6 is 0 Å². The third-order valence-electron chi connectivity index (χ3n) is 3.60. The van der Waals surface area contributed by atoms with Crippen molar-refractivity contribution in [3.05, 3.63) is 29.3 Å². The first-order valence-electron chi connectivity index (χ1n) is 6.71. The first kappa shape index (κ1) is 15.1. The fourth-order valence-electron chi connectivity index (χ4n) is 2.60. The van der Waals surface area contributed by atoms with Gasteiger partial charge in [0.05, 0.1) is 13.8 Å². The van der Waals surface area contributed by atoms with Gasteiger partial charge in [-0.2, -0.15) is 0 Å². The van der Waals surface area contributed by atoms with E-state index in [0.29, 0.717) is 13.1 Å². The lowest BCUT2D eigenvalue weighted by molar-refractivity contribution is 0.151. The summed E-state index contributed by atoms with van der Waals surface area (Å²) in [6, 6.07) is 1.71. The Kier molecular flexibility index (Phi) is 5.25. The van der Waals surface area contributed by atoms with Crippen molar-refractivity contribution in [2.75, 3.05) is 40.0 Å². The number of nitrogens with zero attached hydrogens (tertiary/aromatic N) is 1. The molecule has 1 atom stereocenters. The van der Waals surface area contributed by atoms with Gasteiger partial charge in [-0.1, -0.05) is 0 Å². The van der Waals surface area contributed by atoms with Crippen LogP contribution in [-0.2, 0) is 0 Å². The summed E-state index contributed by atoms with van der Waals surface area (Å²) in [5, 5.41) is 3.17. The summed E-state index contributed by atoms with van der Waals surface area (Å²) in [5.74, 6) is -1.24. The Balaban J connectivity index is 2.33. The highest BCUT2D eigenvalue weighted by atomic mass is 19.1. The molecule has 2 rings (SSSR count). The molecule has 1 heterocycles. The molecule has 0 amide bonds. The lowest BCUT2D eigenvalue weighted by Gasteiger charge is -2.35. The van der Waals surface area contributed by atoms with Crippen LogP contribution in [0, 0.1) is 11.6 Å². The van der Waals surface area contributed by atoms with Gasteiger partial charge in [0.25, 0.3) is 0 Å². The summed E-state index contributed by atoms with van der Waals surface area (Å²) < 4.78 is 45.9. The molecule has 6 heteroatoms. The summed E-state index contributed by atoms with van der Waals surface area (Å²) in [5.41, 5.74) is -0.0645. The van der Waals surface area contributed by atoms with Crippen LogP contribution in [0.3, 0.4) is 0 Å². The van der Waals surface area contributed by atoms with E-state index in [9.17, 15) is 13.2 Å². The number of alkyl halides is 1. The first-order chi connectivity index (χ1) is 9.67. The zero-order chi connectivity index (χ0) is 14.5. The molecule has 1 aromatic rings. The van der Waals surface area contributed by atoms with E-state index in [1.165, 1.54) is 7.11 Å². The van der Waals surface area contributed by atoms with Crippen molar-refractivity contribution in [1.82, 2.24) is 10.2 Å². The van der Waals surface area contributed by atoms with Gasteiger partial charge in [0, 0.05) is 49.9 Å². The second kappa shape index (κ2) is 6.95. The molecule has 20 heavy (non-hydrogen) atoms. The molecule has 0 saturated carbocycles. The second-order valence-corrected chi connectivity index (χ2v) is 4.78. The van der Waals surface area contributed by atoms with Crippen molar-refractivity contribution in [2.24, 2.45) is 0 Å². The third kappa shape index (κ3) is 3.24.